The van der Waals surface area contributed by atoms with Gasteiger partial charge in [-0.2, -0.15) is 5.26 Å². The van der Waals surface area contributed by atoms with Crippen molar-refractivity contribution in [2.75, 3.05) is 0 Å². The molecule has 2 rings (SSSR count). The molecule has 1 atom stereocenters. The van der Waals surface area contributed by atoms with Crippen molar-refractivity contribution in [3.63, 3.8) is 0 Å². The summed E-state index contributed by atoms with van der Waals surface area (Å²) in [5.41, 5.74) is 3.36. The van der Waals surface area contributed by atoms with E-state index in [0.29, 0.717) is 5.92 Å². The summed E-state index contributed by atoms with van der Waals surface area (Å²) >= 11 is 0. The Labute approximate surface area is 108 Å². The zero-order valence-corrected chi connectivity index (χ0v) is 11.4. The second kappa shape index (κ2) is 4.81. The highest BCUT2D eigenvalue weighted by Gasteiger charge is 2.14. The van der Waals surface area contributed by atoms with Crippen LogP contribution in [0.25, 0.3) is 11.0 Å². The van der Waals surface area contributed by atoms with Crippen LogP contribution in [0.5, 0.6) is 0 Å². The Hall–Kier alpha value is -1.82. The van der Waals surface area contributed by atoms with Crippen LogP contribution in [0.4, 0.5) is 0 Å². The number of hydrogen-bond acceptors (Lipinski definition) is 2. The van der Waals surface area contributed by atoms with E-state index in [1.807, 2.05) is 14.0 Å². The molecule has 2 aromatic rings. The SMILES string of the molecule is Cc1nc2cc(CC(C#N)C(C)C)ccc2n1C. The maximum absolute atomic E-state index is 9.15. The van der Waals surface area contributed by atoms with Crippen molar-refractivity contribution < 1.29 is 0 Å². The van der Waals surface area contributed by atoms with Crippen molar-refractivity contribution in [2.24, 2.45) is 18.9 Å². The van der Waals surface area contributed by atoms with Gasteiger partial charge < -0.3 is 4.57 Å². The van der Waals surface area contributed by atoms with Crippen LogP contribution >= 0.6 is 0 Å². The zero-order chi connectivity index (χ0) is 13.3. The highest BCUT2D eigenvalue weighted by Crippen LogP contribution is 2.21. The molecule has 0 spiro atoms. The summed E-state index contributed by atoms with van der Waals surface area (Å²) in [6.07, 6.45) is 0.805. The highest BCUT2D eigenvalue weighted by molar-refractivity contribution is 5.76. The van der Waals surface area contributed by atoms with E-state index in [1.54, 1.807) is 0 Å². The normalized spacial score (nSPS) is 12.9. The number of rotatable bonds is 3. The van der Waals surface area contributed by atoms with E-state index in [9.17, 15) is 0 Å². The molecule has 94 valence electrons. The number of aromatic nitrogens is 2. The lowest BCUT2D eigenvalue weighted by Crippen LogP contribution is -2.09. The van der Waals surface area contributed by atoms with Crippen molar-refractivity contribution in [1.29, 1.82) is 5.26 Å². The molecule has 0 saturated carbocycles. The van der Waals surface area contributed by atoms with Gasteiger partial charge in [-0.05, 0) is 37.0 Å². The average molecular weight is 241 g/mol. The Bertz CT molecular complexity index is 602. The Morgan fingerprint density at radius 1 is 1.39 bits per heavy atom. The zero-order valence-electron chi connectivity index (χ0n) is 11.4. The van der Waals surface area contributed by atoms with E-state index in [0.717, 1.165) is 23.3 Å². The molecule has 1 heterocycles. The van der Waals surface area contributed by atoms with Gasteiger partial charge in [0.15, 0.2) is 0 Å². The molecule has 0 radical (unpaired) electrons. The minimum Gasteiger partial charge on any atom is -0.331 e. The third-order valence-corrected chi connectivity index (χ3v) is 3.60. The number of fused-ring (bicyclic) bond motifs is 1. The summed E-state index contributed by atoms with van der Waals surface area (Å²) in [5.74, 6) is 1.48. The summed E-state index contributed by atoms with van der Waals surface area (Å²) in [6.45, 7) is 6.19. The fourth-order valence-electron chi connectivity index (χ4n) is 2.18. The van der Waals surface area contributed by atoms with Crippen LogP contribution in [0.2, 0.25) is 0 Å². The lowest BCUT2D eigenvalue weighted by molar-refractivity contribution is 0.474. The Morgan fingerprint density at radius 2 is 2.11 bits per heavy atom. The topological polar surface area (TPSA) is 41.6 Å². The molecule has 0 saturated heterocycles. The molecule has 0 aliphatic carbocycles. The third-order valence-electron chi connectivity index (χ3n) is 3.60. The smallest absolute Gasteiger partial charge is 0.106 e. The van der Waals surface area contributed by atoms with Gasteiger partial charge in [0.05, 0.1) is 23.0 Å². The predicted octanol–water partition coefficient (Wildman–Crippen LogP) is 3.22. The maximum atomic E-state index is 9.15. The number of nitrogens with zero attached hydrogens (tertiary/aromatic N) is 3. The maximum Gasteiger partial charge on any atom is 0.106 e. The fraction of sp³-hybridized carbons (Fsp3) is 0.467. The van der Waals surface area contributed by atoms with Crippen molar-refractivity contribution in [2.45, 2.75) is 27.2 Å². The first-order valence-corrected chi connectivity index (χ1v) is 6.34. The summed E-state index contributed by atoms with van der Waals surface area (Å²) in [6, 6.07) is 8.70. The van der Waals surface area contributed by atoms with E-state index in [4.69, 9.17) is 5.26 Å². The largest absolute Gasteiger partial charge is 0.331 e. The van der Waals surface area contributed by atoms with Crippen molar-refractivity contribution >= 4 is 11.0 Å². The molecule has 3 heteroatoms. The van der Waals surface area contributed by atoms with Crippen LogP contribution < -0.4 is 0 Å². The van der Waals surface area contributed by atoms with E-state index < -0.39 is 0 Å². The van der Waals surface area contributed by atoms with Gasteiger partial charge in [-0.25, -0.2) is 4.98 Å². The number of imidazole rings is 1. The summed E-state index contributed by atoms with van der Waals surface area (Å²) in [5, 5.41) is 9.15. The van der Waals surface area contributed by atoms with Gasteiger partial charge >= 0.3 is 0 Å². The third kappa shape index (κ3) is 2.24. The molecule has 1 aromatic heterocycles. The molecule has 3 nitrogen and oxygen atoms in total. The summed E-state index contributed by atoms with van der Waals surface area (Å²) in [7, 11) is 2.02. The second-order valence-corrected chi connectivity index (χ2v) is 5.22. The molecular formula is C15H19N3. The number of nitriles is 1. The molecule has 0 bridgehead atoms. The average Bonchev–Trinajstić information content (AvgIpc) is 2.61. The van der Waals surface area contributed by atoms with Crippen LogP contribution in [0, 0.1) is 30.1 Å². The van der Waals surface area contributed by atoms with Crippen LogP contribution in [-0.4, -0.2) is 9.55 Å². The van der Waals surface area contributed by atoms with Crippen molar-refractivity contribution in [1.82, 2.24) is 9.55 Å². The van der Waals surface area contributed by atoms with E-state index in [-0.39, 0.29) is 5.92 Å². The Kier molecular flexibility index (Phi) is 3.38. The van der Waals surface area contributed by atoms with Crippen molar-refractivity contribution in [3.05, 3.63) is 29.6 Å². The van der Waals surface area contributed by atoms with E-state index >= 15 is 0 Å². The first kappa shape index (κ1) is 12.6. The lowest BCUT2D eigenvalue weighted by atomic mass is 9.90. The predicted molar refractivity (Wildman–Crippen MR) is 73.1 cm³/mol. The van der Waals surface area contributed by atoms with Gasteiger partial charge in [0.2, 0.25) is 0 Å². The summed E-state index contributed by atoms with van der Waals surface area (Å²) < 4.78 is 2.09. The molecule has 0 fully saturated rings. The van der Waals surface area contributed by atoms with Gasteiger partial charge in [-0.3, -0.25) is 0 Å². The molecular weight excluding hydrogens is 222 g/mol. The first-order valence-electron chi connectivity index (χ1n) is 6.34. The standard InChI is InChI=1S/C15H19N3/c1-10(2)13(9-16)7-12-5-6-15-14(8-12)17-11(3)18(15)4/h5-6,8,10,13H,7H2,1-4H3. The molecule has 18 heavy (non-hydrogen) atoms. The molecule has 0 amide bonds. The fourth-order valence-corrected chi connectivity index (χ4v) is 2.18. The van der Waals surface area contributed by atoms with E-state index in [2.05, 4.69) is 47.7 Å². The van der Waals surface area contributed by atoms with Crippen LogP contribution in [0.3, 0.4) is 0 Å². The molecule has 0 aliphatic heterocycles. The molecule has 0 N–H and O–H groups in total. The number of benzene rings is 1. The van der Waals surface area contributed by atoms with Crippen LogP contribution in [0.15, 0.2) is 18.2 Å². The van der Waals surface area contributed by atoms with Gasteiger partial charge in [-0.1, -0.05) is 19.9 Å². The number of hydrogen-bond donors (Lipinski definition) is 0. The summed E-state index contributed by atoms with van der Waals surface area (Å²) in [4.78, 5) is 4.53. The second-order valence-electron chi connectivity index (χ2n) is 5.22. The molecule has 1 unspecified atom stereocenters. The molecule has 0 aliphatic rings. The van der Waals surface area contributed by atoms with Crippen molar-refractivity contribution in [3.8, 4) is 6.07 Å². The van der Waals surface area contributed by atoms with Crippen LogP contribution in [0.1, 0.15) is 25.2 Å². The first-order chi connectivity index (χ1) is 8.52. The monoisotopic (exact) mass is 241 g/mol. The van der Waals surface area contributed by atoms with Crippen LogP contribution in [-0.2, 0) is 13.5 Å². The minimum absolute atomic E-state index is 0.0762. The minimum atomic E-state index is 0.0762. The van der Waals surface area contributed by atoms with Gasteiger partial charge in [0, 0.05) is 7.05 Å². The van der Waals surface area contributed by atoms with E-state index in [1.165, 1.54) is 5.56 Å². The Balaban J connectivity index is 2.34. The van der Waals surface area contributed by atoms with Gasteiger partial charge in [0.1, 0.15) is 5.82 Å². The van der Waals surface area contributed by atoms with Gasteiger partial charge in [0.25, 0.3) is 0 Å². The lowest BCUT2D eigenvalue weighted by Gasteiger charge is -2.12. The quantitative estimate of drug-likeness (QED) is 0.828. The Morgan fingerprint density at radius 3 is 2.72 bits per heavy atom. The highest BCUT2D eigenvalue weighted by atomic mass is 15.0. The number of aryl methyl sites for hydroxylation is 2. The van der Waals surface area contributed by atoms with Gasteiger partial charge in [-0.15, -0.1) is 0 Å². The molecule has 1 aromatic carbocycles.